The van der Waals surface area contributed by atoms with Gasteiger partial charge in [0.05, 0.1) is 12.8 Å². The van der Waals surface area contributed by atoms with Crippen LogP contribution in [0.5, 0.6) is 11.5 Å². The van der Waals surface area contributed by atoms with Crippen LogP contribution in [0.2, 0.25) is 0 Å². The highest BCUT2D eigenvalue weighted by Gasteiger charge is 2.12. The van der Waals surface area contributed by atoms with Gasteiger partial charge in [0.2, 0.25) is 0 Å². The number of nitrogens with one attached hydrogen (secondary N) is 1. The molecule has 0 aliphatic carbocycles. The number of amides is 1. The maximum Gasteiger partial charge on any atom is 0.307 e. The van der Waals surface area contributed by atoms with E-state index in [-0.39, 0.29) is 12.4 Å². The lowest BCUT2D eigenvalue weighted by atomic mass is 10.0. The van der Waals surface area contributed by atoms with Gasteiger partial charge in [0.25, 0.3) is 0 Å². The number of carbonyl (C=O) groups excluding carboxylic acids is 1. The molecule has 0 atom stereocenters. The quantitative estimate of drug-likeness (QED) is 0.181. The fourth-order valence-electron chi connectivity index (χ4n) is 4.40. The number of aromatic nitrogens is 1. The Labute approximate surface area is 221 Å². The summed E-state index contributed by atoms with van der Waals surface area (Å²) in [6.45, 7) is 6.81. The molecule has 38 heavy (non-hydrogen) atoms. The van der Waals surface area contributed by atoms with Crippen LogP contribution in [-0.4, -0.2) is 23.3 Å². The molecule has 192 valence electrons. The van der Waals surface area contributed by atoms with Gasteiger partial charge >= 0.3 is 5.91 Å². The molecule has 0 aliphatic rings. The van der Waals surface area contributed by atoms with Gasteiger partial charge in [-0.25, -0.2) is 5.43 Å². The van der Waals surface area contributed by atoms with Crippen molar-refractivity contribution in [1.29, 1.82) is 0 Å². The molecule has 0 radical (unpaired) electrons. The lowest BCUT2D eigenvalue weighted by Gasteiger charge is -2.10. The van der Waals surface area contributed by atoms with Crippen molar-refractivity contribution in [2.24, 2.45) is 5.10 Å². The number of hydrogen-bond acceptors (Lipinski definition) is 5. The summed E-state index contributed by atoms with van der Waals surface area (Å²) in [6, 6.07) is 27.2. The number of fused-ring (bicyclic) bond motifs is 1. The number of aryl methyl sites for hydroxylation is 2. The minimum Gasteiger partial charge on any atom is -0.493 e. The van der Waals surface area contributed by atoms with E-state index in [2.05, 4.69) is 41.1 Å². The van der Waals surface area contributed by atoms with E-state index in [1.54, 1.807) is 18.3 Å². The third kappa shape index (κ3) is 5.32. The molecule has 3 aromatic carbocycles. The Morgan fingerprint density at radius 1 is 0.921 bits per heavy atom. The molecule has 7 heteroatoms. The molecule has 2 heterocycles. The molecule has 0 spiro atoms. The number of rotatable bonds is 9. The Balaban J connectivity index is 1.21. The summed E-state index contributed by atoms with van der Waals surface area (Å²) in [5, 5.41) is 6.20. The number of ether oxygens (including phenoxy) is 2. The van der Waals surface area contributed by atoms with Gasteiger partial charge in [-0.15, -0.1) is 0 Å². The first-order chi connectivity index (χ1) is 18.5. The second kappa shape index (κ2) is 11.1. The molecule has 7 nitrogen and oxygen atoms in total. The predicted molar refractivity (Wildman–Crippen MR) is 148 cm³/mol. The third-order valence-electron chi connectivity index (χ3n) is 6.22. The van der Waals surface area contributed by atoms with E-state index in [1.807, 2.05) is 67.6 Å². The van der Waals surface area contributed by atoms with Gasteiger partial charge in [-0.2, -0.15) is 5.10 Å². The van der Waals surface area contributed by atoms with Gasteiger partial charge in [-0.05, 0) is 86.1 Å². The minimum absolute atomic E-state index is 0.151. The Hall–Kier alpha value is -4.78. The van der Waals surface area contributed by atoms with Crippen molar-refractivity contribution in [1.82, 2.24) is 9.99 Å². The normalized spacial score (nSPS) is 11.2. The number of carbonyl (C=O) groups is 1. The molecule has 5 aromatic rings. The minimum atomic E-state index is -0.451. The number of furan rings is 1. The van der Waals surface area contributed by atoms with Gasteiger partial charge in [-0.1, -0.05) is 30.3 Å². The van der Waals surface area contributed by atoms with Crippen LogP contribution in [0.15, 0.2) is 94.4 Å². The average Bonchev–Trinajstić information content (AvgIpc) is 3.55. The summed E-state index contributed by atoms with van der Waals surface area (Å²) >= 11 is 0. The molecular formula is C31H29N3O4. The first kappa shape index (κ1) is 24.9. The molecule has 1 amide bonds. The maximum atomic E-state index is 12.6. The van der Waals surface area contributed by atoms with Crippen molar-refractivity contribution < 1.29 is 18.7 Å². The molecule has 0 fully saturated rings. The highest BCUT2D eigenvalue weighted by molar-refractivity contribution is 6.03. The van der Waals surface area contributed by atoms with Crippen LogP contribution in [0.3, 0.4) is 0 Å². The smallest absolute Gasteiger partial charge is 0.307 e. The second-order valence-electron chi connectivity index (χ2n) is 8.83. The molecule has 0 bridgehead atoms. The van der Waals surface area contributed by atoms with Crippen LogP contribution in [0.1, 0.15) is 40.2 Å². The first-order valence-electron chi connectivity index (χ1n) is 12.5. The van der Waals surface area contributed by atoms with Crippen molar-refractivity contribution in [3.05, 3.63) is 113 Å². The van der Waals surface area contributed by atoms with Gasteiger partial charge in [0.15, 0.2) is 5.76 Å². The standard InChI is InChI=1S/C31H29N3O4/c1-4-36-29-17-11-23-7-5-6-8-27(23)28(29)19-32-33-31(35)30-18-16-26(38-30)20-37-25-14-12-24(13-15-25)34-21(2)9-10-22(34)3/h5-19H,4,20H2,1-3H3,(H,33,35)/b32-19+. The van der Waals surface area contributed by atoms with E-state index in [1.165, 1.54) is 11.4 Å². The Kier molecular flexibility index (Phi) is 7.26. The molecule has 0 unspecified atom stereocenters. The van der Waals surface area contributed by atoms with Gasteiger partial charge in [0, 0.05) is 22.6 Å². The molecule has 0 saturated heterocycles. The van der Waals surface area contributed by atoms with E-state index < -0.39 is 5.91 Å². The molecule has 1 N–H and O–H groups in total. The van der Waals surface area contributed by atoms with Crippen LogP contribution in [-0.2, 0) is 6.61 Å². The van der Waals surface area contributed by atoms with Gasteiger partial charge in [0.1, 0.15) is 23.9 Å². The first-order valence-corrected chi connectivity index (χ1v) is 12.5. The zero-order chi connectivity index (χ0) is 26.5. The SMILES string of the molecule is CCOc1ccc2ccccc2c1/C=N/NC(=O)c1ccc(COc2ccc(-n3c(C)ccc3C)cc2)o1. The van der Waals surface area contributed by atoms with Crippen molar-refractivity contribution in [2.75, 3.05) is 6.61 Å². The number of nitrogens with zero attached hydrogens (tertiary/aromatic N) is 2. The number of benzene rings is 3. The zero-order valence-electron chi connectivity index (χ0n) is 21.6. The predicted octanol–water partition coefficient (Wildman–Crippen LogP) is 6.58. The highest BCUT2D eigenvalue weighted by atomic mass is 16.5. The Morgan fingerprint density at radius 3 is 2.45 bits per heavy atom. The van der Waals surface area contributed by atoms with Crippen LogP contribution in [0, 0.1) is 13.8 Å². The summed E-state index contributed by atoms with van der Waals surface area (Å²) < 4.78 is 19.5. The Morgan fingerprint density at radius 2 is 1.68 bits per heavy atom. The van der Waals surface area contributed by atoms with Crippen LogP contribution in [0.4, 0.5) is 0 Å². The topological polar surface area (TPSA) is 78.0 Å². The van der Waals surface area contributed by atoms with Gasteiger partial charge < -0.3 is 18.5 Å². The fraction of sp³-hybridized carbons (Fsp3) is 0.161. The second-order valence-corrected chi connectivity index (χ2v) is 8.83. The Bertz CT molecular complexity index is 1580. The van der Waals surface area contributed by atoms with E-state index in [9.17, 15) is 4.79 Å². The van der Waals surface area contributed by atoms with E-state index in [0.29, 0.717) is 23.9 Å². The average molecular weight is 508 g/mol. The zero-order valence-corrected chi connectivity index (χ0v) is 21.6. The molecule has 2 aromatic heterocycles. The van der Waals surface area contributed by atoms with Crippen LogP contribution >= 0.6 is 0 Å². The highest BCUT2D eigenvalue weighted by Crippen LogP contribution is 2.27. The molecule has 0 aliphatic heterocycles. The van der Waals surface area contributed by atoms with Crippen molar-refractivity contribution in [3.8, 4) is 17.2 Å². The summed E-state index contributed by atoms with van der Waals surface area (Å²) in [6.07, 6.45) is 1.60. The van der Waals surface area contributed by atoms with E-state index in [0.717, 1.165) is 22.0 Å². The lowest BCUT2D eigenvalue weighted by molar-refractivity contribution is 0.0923. The largest absolute Gasteiger partial charge is 0.493 e. The fourth-order valence-corrected chi connectivity index (χ4v) is 4.40. The lowest BCUT2D eigenvalue weighted by Crippen LogP contribution is -2.17. The summed E-state index contributed by atoms with van der Waals surface area (Å²) in [5.41, 5.74) is 6.76. The van der Waals surface area contributed by atoms with Crippen LogP contribution in [0.25, 0.3) is 16.5 Å². The van der Waals surface area contributed by atoms with E-state index >= 15 is 0 Å². The molecule has 0 saturated carbocycles. The maximum absolute atomic E-state index is 12.6. The molecule has 5 rings (SSSR count). The number of hydrazone groups is 1. The van der Waals surface area contributed by atoms with Crippen LogP contribution < -0.4 is 14.9 Å². The van der Waals surface area contributed by atoms with Crippen molar-refractivity contribution in [2.45, 2.75) is 27.4 Å². The van der Waals surface area contributed by atoms with Crippen molar-refractivity contribution in [3.63, 3.8) is 0 Å². The molecular weight excluding hydrogens is 478 g/mol. The third-order valence-corrected chi connectivity index (χ3v) is 6.22. The monoisotopic (exact) mass is 507 g/mol. The van der Waals surface area contributed by atoms with E-state index in [4.69, 9.17) is 13.9 Å². The van der Waals surface area contributed by atoms with Gasteiger partial charge in [-0.3, -0.25) is 4.79 Å². The number of hydrogen-bond donors (Lipinski definition) is 1. The summed E-state index contributed by atoms with van der Waals surface area (Å²) in [4.78, 5) is 12.6. The van der Waals surface area contributed by atoms with Crippen molar-refractivity contribution >= 4 is 22.9 Å². The summed E-state index contributed by atoms with van der Waals surface area (Å²) in [5.74, 6) is 1.65. The summed E-state index contributed by atoms with van der Waals surface area (Å²) in [7, 11) is 0.